The Hall–Kier alpha value is -0.800. The van der Waals surface area contributed by atoms with Crippen molar-refractivity contribution in [2.24, 2.45) is 0 Å². The third kappa shape index (κ3) is 1.99. The van der Waals surface area contributed by atoms with Gasteiger partial charge in [0.2, 0.25) is 0 Å². The van der Waals surface area contributed by atoms with Crippen molar-refractivity contribution in [2.75, 3.05) is 31.1 Å². The van der Waals surface area contributed by atoms with Crippen LogP contribution in [0.15, 0.2) is 12.1 Å². The van der Waals surface area contributed by atoms with Crippen LogP contribution < -0.4 is 10.2 Å². The van der Waals surface area contributed by atoms with Crippen LogP contribution in [-0.2, 0) is 0 Å². The Balaban J connectivity index is 2.18. The third-order valence-corrected chi connectivity index (χ3v) is 2.84. The summed E-state index contributed by atoms with van der Waals surface area (Å²) in [7, 11) is 0. The molecule has 1 N–H and O–H groups in total. The first-order valence-electron chi connectivity index (χ1n) is 4.86. The van der Waals surface area contributed by atoms with Gasteiger partial charge in [0.1, 0.15) is 11.0 Å². The number of nitrogens with zero attached hydrogens (tertiary/aromatic N) is 2. The lowest BCUT2D eigenvalue weighted by atomic mass is 10.3. The van der Waals surface area contributed by atoms with Crippen molar-refractivity contribution in [1.82, 2.24) is 10.3 Å². The van der Waals surface area contributed by atoms with Gasteiger partial charge in [0.25, 0.3) is 0 Å². The Kier molecular flexibility index (Phi) is 2.89. The molecule has 0 saturated carbocycles. The van der Waals surface area contributed by atoms with Crippen LogP contribution in [0.4, 0.5) is 5.82 Å². The largest absolute Gasteiger partial charge is 0.354 e. The van der Waals surface area contributed by atoms with Crippen LogP contribution >= 0.6 is 11.6 Å². The molecule has 2 rings (SSSR count). The monoisotopic (exact) mass is 211 g/mol. The zero-order valence-electron chi connectivity index (χ0n) is 8.26. The first-order valence-corrected chi connectivity index (χ1v) is 5.24. The number of pyridine rings is 1. The highest BCUT2D eigenvalue weighted by molar-refractivity contribution is 6.30. The van der Waals surface area contributed by atoms with E-state index in [9.17, 15) is 0 Å². The third-order valence-electron chi connectivity index (χ3n) is 2.46. The topological polar surface area (TPSA) is 28.2 Å². The van der Waals surface area contributed by atoms with Gasteiger partial charge in [-0.05, 0) is 18.6 Å². The lowest BCUT2D eigenvalue weighted by Gasteiger charge is -2.28. The van der Waals surface area contributed by atoms with E-state index in [0.29, 0.717) is 5.15 Å². The number of hydrogen-bond acceptors (Lipinski definition) is 3. The molecular weight excluding hydrogens is 198 g/mol. The number of aromatic nitrogens is 1. The van der Waals surface area contributed by atoms with E-state index in [4.69, 9.17) is 11.6 Å². The van der Waals surface area contributed by atoms with Crippen molar-refractivity contribution < 1.29 is 0 Å². The molecular formula is C10H14ClN3. The fourth-order valence-electron chi connectivity index (χ4n) is 1.56. The van der Waals surface area contributed by atoms with Gasteiger partial charge in [0.05, 0.1) is 0 Å². The normalized spacial score (nSPS) is 17.1. The van der Waals surface area contributed by atoms with E-state index < -0.39 is 0 Å². The summed E-state index contributed by atoms with van der Waals surface area (Å²) in [6, 6.07) is 4.05. The number of piperazine rings is 1. The second-order valence-corrected chi connectivity index (χ2v) is 3.87. The molecule has 0 spiro atoms. The summed E-state index contributed by atoms with van der Waals surface area (Å²) in [6.45, 7) is 6.02. The number of aryl methyl sites for hydroxylation is 1. The van der Waals surface area contributed by atoms with Crippen LogP contribution in [0, 0.1) is 6.92 Å². The summed E-state index contributed by atoms with van der Waals surface area (Å²) in [4.78, 5) is 6.61. The Morgan fingerprint density at radius 3 is 2.71 bits per heavy atom. The number of halogens is 1. The molecule has 0 amide bonds. The summed E-state index contributed by atoms with van der Waals surface area (Å²) in [5, 5.41) is 3.92. The van der Waals surface area contributed by atoms with E-state index in [1.807, 2.05) is 19.1 Å². The highest BCUT2D eigenvalue weighted by atomic mass is 35.5. The second kappa shape index (κ2) is 4.15. The summed E-state index contributed by atoms with van der Waals surface area (Å²) in [6.07, 6.45) is 0. The van der Waals surface area contributed by atoms with Gasteiger partial charge in [-0.2, -0.15) is 0 Å². The van der Waals surface area contributed by atoms with Crippen molar-refractivity contribution in [3.05, 3.63) is 22.8 Å². The Morgan fingerprint density at radius 1 is 1.36 bits per heavy atom. The van der Waals surface area contributed by atoms with Crippen LogP contribution in [0.2, 0.25) is 5.15 Å². The van der Waals surface area contributed by atoms with Crippen molar-refractivity contribution in [1.29, 1.82) is 0 Å². The average Bonchev–Trinajstić information content (AvgIpc) is 2.23. The first-order chi connectivity index (χ1) is 6.77. The zero-order valence-corrected chi connectivity index (χ0v) is 9.01. The lowest BCUT2D eigenvalue weighted by molar-refractivity contribution is 0.585. The molecule has 4 heteroatoms. The van der Waals surface area contributed by atoms with Crippen LogP contribution in [0.5, 0.6) is 0 Å². The molecule has 1 saturated heterocycles. The molecule has 0 aromatic carbocycles. The van der Waals surface area contributed by atoms with Gasteiger partial charge in [0.15, 0.2) is 0 Å². The predicted molar refractivity (Wildman–Crippen MR) is 59.1 cm³/mol. The van der Waals surface area contributed by atoms with E-state index in [1.54, 1.807) is 0 Å². The zero-order chi connectivity index (χ0) is 9.97. The van der Waals surface area contributed by atoms with Crippen LogP contribution in [-0.4, -0.2) is 31.2 Å². The highest BCUT2D eigenvalue weighted by Gasteiger charge is 2.11. The van der Waals surface area contributed by atoms with E-state index in [-0.39, 0.29) is 0 Å². The molecule has 76 valence electrons. The Labute approximate surface area is 89.1 Å². The molecule has 1 aromatic heterocycles. The predicted octanol–water partition coefficient (Wildman–Crippen LogP) is 1.45. The van der Waals surface area contributed by atoms with Crippen molar-refractivity contribution in [3.8, 4) is 0 Å². The van der Waals surface area contributed by atoms with E-state index in [1.165, 1.54) is 0 Å². The van der Waals surface area contributed by atoms with E-state index in [2.05, 4.69) is 15.2 Å². The molecule has 2 heterocycles. The fraction of sp³-hybridized carbons (Fsp3) is 0.500. The van der Waals surface area contributed by atoms with Crippen LogP contribution in [0.1, 0.15) is 5.56 Å². The van der Waals surface area contributed by atoms with Gasteiger partial charge < -0.3 is 10.2 Å². The van der Waals surface area contributed by atoms with Crippen LogP contribution in [0.25, 0.3) is 0 Å². The Bertz CT molecular complexity index is 321. The number of anilines is 1. The maximum atomic E-state index is 5.98. The van der Waals surface area contributed by atoms with Gasteiger partial charge in [-0.3, -0.25) is 0 Å². The van der Waals surface area contributed by atoms with Gasteiger partial charge in [0, 0.05) is 26.2 Å². The summed E-state index contributed by atoms with van der Waals surface area (Å²) in [5.41, 5.74) is 1.03. The van der Waals surface area contributed by atoms with Crippen molar-refractivity contribution in [2.45, 2.75) is 6.92 Å². The lowest BCUT2D eigenvalue weighted by Crippen LogP contribution is -2.43. The quantitative estimate of drug-likeness (QED) is 0.713. The van der Waals surface area contributed by atoms with Gasteiger partial charge >= 0.3 is 0 Å². The molecule has 0 bridgehead atoms. The van der Waals surface area contributed by atoms with Crippen molar-refractivity contribution in [3.63, 3.8) is 0 Å². The average molecular weight is 212 g/mol. The molecule has 0 atom stereocenters. The maximum absolute atomic E-state index is 5.98. The van der Waals surface area contributed by atoms with E-state index >= 15 is 0 Å². The molecule has 14 heavy (non-hydrogen) atoms. The summed E-state index contributed by atoms with van der Waals surface area (Å²) >= 11 is 5.98. The Morgan fingerprint density at radius 2 is 2.07 bits per heavy atom. The molecule has 1 aliphatic heterocycles. The molecule has 1 aromatic rings. The molecule has 0 radical (unpaired) electrons. The fourth-order valence-corrected chi connectivity index (χ4v) is 1.71. The van der Waals surface area contributed by atoms with Gasteiger partial charge in [-0.1, -0.05) is 17.7 Å². The first kappa shape index (κ1) is 9.74. The maximum Gasteiger partial charge on any atom is 0.134 e. The standard InChI is InChI=1S/C10H14ClN3/c1-8-2-3-9(13-10(8)11)14-6-4-12-5-7-14/h2-3,12H,4-7H2,1H3. The number of hydrogen-bond donors (Lipinski definition) is 1. The SMILES string of the molecule is Cc1ccc(N2CCNCC2)nc1Cl. The van der Waals surface area contributed by atoms with Crippen LogP contribution in [0.3, 0.4) is 0 Å². The molecule has 1 fully saturated rings. The smallest absolute Gasteiger partial charge is 0.134 e. The molecule has 3 nitrogen and oxygen atoms in total. The molecule has 0 aliphatic carbocycles. The van der Waals surface area contributed by atoms with Gasteiger partial charge in [-0.25, -0.2) is 4.98 Å². The second-order valence-electron chi connectivity index (χ2n) is 3.51. The number of nitrogens with one attached hydrogen (secondary N) is 1. The number of rotatable bonds is 1. The highest BCUT2D eigenvalue weighted by Crippen LogP contribution is 2.18. The molecule has 0 unspecified atom stereocenters. The molecule has 1 aliphatic rings. The summed E-state index contributed by atoms with van der Waals surface area (Å²) < 4.78 is 0. The minimum Gasteiger partial charge on any atom is -0.354 e. The summed E-state index contributed by atoms with van der Waals surface area (Å²) in [5.74, 6) is 0.988. The van der Waals surface area contributed by atoms with Crippen molar-refractivity contribution >= 4 is 17.4 Å². The minimum atomic E-state index is 0.612. The van der Waals surface area contributed by atoms with E-state index in [0.717, 1.165) is 37.6 Å². The minimum absolute atomic E-state index is 0.612. The van der Waals surface area contributed by atoms with Gasteiger partial charge in [-0.15, -0.1) is 0 Å².